The molecule has 142 valence electrons. The number of methoxy groups -OCH3 is 2. The van der Waals surface area contributed by atoms with E-state index in [4.69, 9.17) is 9.47 Å². The maximum atomic E-state index is 5.25. The van der Waals surface area contributed by atoms with Gasteiger partial charge < -0.3 is 20.1 Å². The van der Waals surface area contributed by atoms with Crippen LogP contribution in [0.5, 0.6) is 11.5 Å². The second-order valence-electron chi connectivity index (χ2n) is 6.95. The van der Waals surface area contributed by atoms with Gasteiger partial charge in [0.2, 0.25) is 0 Å². The van der Waals surface area contributed by atoms with Gasteiger partial charge in [0.15, 0.2) is 0 Å². The fourth-order valence-electron chi connectivity index (χ4n) is 2.99. The Bertz CT molecular complexity index is 591. The molecule has 0 aromatic heterocycles. The van der Waals surface area contributed by atoms with Crippen LogP contribution in [0.3, 0.4) is 0 Å². The summed E-state index contributed by atoms with van der Waals surface area (Å²) in [5.74, 6) is 2.89. The number of hydrogen-bond acceptors (Lipinski definition) is 4. The second kappa shape index (κ2) is 9.95. The number of anilines is 2. The van der Waals surface area contributed by atoms with E-state index >= 15 is 0 Å². The molecule has 0 spiro atoms. The van der Waals surface area contributed by atoms with Crippen LogP contribution in [-0.2, 0) is 0 Å². The van der Waals surface area contributed by atoms with Crippen molar-refractivity contribution in [2.45, 2.75) is 39.8 Å². The highest BCUT2D eigenvalue weighted by Crippen LogP contribution is 2.24. The van der Waals surface area contributed by atoms with Gasteiger partial charge in [0, 0.05) is 11.4 Å². The third-order valence-corrected chi connectivity index (χ3v) is 4.86. The van der Waals surface area contributed by atoms with Crippen molar-refractivity contribution in [1.29, 1.82) is 0 Å². The SMILES string of the molecule is CCC(C)CC(C)C(Nc1ccc(OC)cc1)Nc1ccc(OC)cc1. The fourth-order valence-corrected chi connectivity index (χ4v) is 2.99. The summed E-state index contributed by atoms with van der Waals surface area (Å²) in [4.78, 5) is 0. The van der Waals surface area contributed by atoms with Crippen molar-refractivity contribution < 1.29 is 9.47 Å². The normalized spacial score (nSPS) is 13.2. The zero-order chi connectivity index (χ0) is 18.9. The Morgan fingerprint density at radius 2 is 1.19 bits per heavy atom. The molecule has 0 saturated heterocycles. The number of ether oxygens (including phenoxy) is 2. The Balaban J connectivity index is 2.13. The van der Waals surface area contributed by atoms with Crippen LogP contribution in [0.4, 0.5) is 11.4 Å². The molecule has 4 heteroatoms. The van der Waals surface area contributed by atoms with E-state index in [-0.39, 0.29) is 6.17 Å². The maximum Gasteiger partial charge on any atom is 0.119 e. The van der Waals surface area contributed by atoms with E-state index in [1.807, 2.05) is 24.3 Å². The first-order valence-corrected chi connectivity index (χ1v) is 9.36. The molecule has 0 bridgehead atoms. The van der Waals surface area contributed by atoms with Crippen LogP contribution in [0, 0.1) is 11.8 Å². The van der Waals surface area contributed by atoms with Crippen molar-refractivity contribution in [2.24, 2.45) is 11.8 Å². The zero-order valence-electron chi connectivity index (χ0n) is 16.6. The molecule has 2 aromatic rings. The van der Waals surface area contributed by atoms with Crippen molar-refractivity contribution in [3.05, 3.63) is 48.5 Å². The van der Waals surface area contributed by atoms with Gasteiger partial charge in [-0.2, -0.15) is 0 Å². The Morgan fingerprint density at radius 1 is 0.769 bits per heavy atom. The highest BCUT2D eigenvalue weighted by atomic mass is 16.5. The summed E-state index contributed by atoms with van der Waals surface area (Å²) in [6, 6.07) is 16.1. The summed E-state index contributed by atoms with van der Waals surface area (Å²) < 4.78 is 10.5. The summed E-state index contributed by atoms with van der Waals surface area (Å²) in [6.45, 7) is 6.86. The minimum Gasteiger partial charge on any atom is -0.497 e. The van der Waals surface area contributed by atoms with Gasteiger partial charge in [0.25, 0.3) is 0 Å². The van der Waals surface area contributed by atoms with Crippen molar-refractivity contribution in [3.63, 3.8) is 0 Å². The van der Waals surface area contributed by atoms with Crippen molar-refractivity contribution >= 4 is 11.4 Å². The molecule has 0 radical (unpaired) electrons. The van der Waals surface area contributed by atoms with Gasteiger partial charge in [-0.25, -0.2) is 0 Å². The van der Waals surface area contributed by atoms with E-state index in [0.717, 1.165) is 29.3 Å². The van der Waals surface area contributed by atoms with Gasteiger partial charge >= 0.3 is 0 Å². The molecule has 0 saturated carbocycles. The molecule has 0 aliphatic heterocycles. The van der Waals surface area contributed by atoms with E-state index < -0.39 is 0 Å². The zero-order valence-corrected chi connectivity index (χ0v) is 16.6. The highest BCUT2D eigenvalue weighted by molar-refractivity contribution is 5.52. The molecule has 2 N–H and O–H groups in total. The van der Waals surface area contributed by atoms with Gasteiger partial charge in [0.1, 0.15) is 11.5 Å². The fraction of sp³-hybridized carbons (Fsp3) is 0.455. The third-order valence-electron chi connectivity index (χ3n) is 4.86. The van der Waals surface area contributed by atoms with Crippen molar-refractivity contribution in [1.82, 2.24) is 0 Å². The average molecular weight is 357 g/mol. The molecular weight excluding hydrogens is 324 g/mol. The van der Waals surface area contributed by atoms with Crippen molar-refractivity contribution in [3.8, 4) is 11.5 Å². The van der Waals surface area contributed by atoms with E-state index in [0.29, 0.717) is 11.8 Å². The number of hydrogen-bond donors (Lipinski definition) is 2. The lowest BCUT2D eigenvalue weighted by Crippen LogP contribution is -2.36. The van der Waals surface area contributed by atoms with Gasteiger partial charge in [-0.3, -0.25) is 0 Å². The predicted molar refractivity (Wildman–Crippen MR) is 110 cm³/mol. The summed E-state index contributed by atoms with van der Waals surface area (Å²) in [5.41, 5.74) is 2.15. The standard InChI is InChI=1S/C22H32N2O2/c1-6-16(2)15-17(3)22(23-18-7-11-20(25-4)12-8-18)24-19-9-13-21(26-5)14-10-19/h7-14,16-17,22-24H,6,15H2,1-5H3. The van der Waals surface area contributed by atoms with Gasteiger partial charge in [-0.05, 0) is 66.8 Å². The molecule has 26 heavy (non-hydrogen) atoms. The topological polar surface area (TPSA) is 42.5 Å². The number of nitrogens with one attached hydrogen (secondary N) is 2. The quantitative estimate of drug-likeness (QED) is 0.542. The van der Waals surface area contributed by atoms with Gasteiger partial charge in [0.05, 0.1) is 20.4 Å². The lowest BCUT2D eigenvalue weighted by Gasteiger charge is -2.30. The van der Waals surface area contributed by atoms with Gasteiger partial charge in [-0.1, -0.05) is 27.2 Å². The molecule has 4 nitrogen and oxygen atoms in total. The smallest absolute Gasteiger partial charge is 0.119 e. The van der Waals surface area contributed by atoms with Crippen LogP contribution in [0.15, 0.2) is 48.5 Å². The van der Waals surface area contributed by atoms with Crippen LogP contribution in [0.25, 0.3) is 0 Å². The van der Waals surface area contributed by atoms with Crippen LogP contribution in [0.2, 0.25) is 0 Å². The first kappa shape index (κ1) is 20.0. The average Bonchev–Trinajstić information content (AvgIpc) is 2.68. The maximum absolute atomic E-state index is 5.25. The molecule has 2 rings (SSSR count). The summed E-state index contributed by atoms with van der Waals surface area (Å²) in [7, 11) is 3.37. The lowest BCUT2D eigenvalue weighted by atomic mass is 9.93. The largest absolute Gasteiger partial charge is 0.497 e. The number of rotatable bonds is 10. The Labute approximate surface area is 157 Å². The highest BCUT2D eigenvalue weighted by Gasteiger charge is 2.19. The Morgan fingerprint density at radius 3 is 1.54 bits per heavy atom. The van der Waals surface area contributed by atoms with E-state index in [1.54, 1.807) is 14.2 Å². The monoisotopic (exact) mass is 356 g/mol. The first-order valence-electron chi connectivity index (χ1n) is 9.36. The molecule has 0 aliphatic rings. The number of benzene rings is 2. The van der Waals surface area contributed by atoms with Gasteiger partial charge in [-0.15, -0.1) is 0 Å². The minimum atomic E-state index is 0.130. The molecule has 0 amide bonds. The van der Waals surface area contributed by atoms with E-state index in [2.05, 4.69) is 55.7 Å². The molecule has 2 atom stereocenters. The van der Waals surface area contributed by atoms with Crippen LogP contribution in [-0.4, -0.2) is 20.4 Å². The van der Waals surface area contributed by atoms with E-state index in [9.17, 15) is 0 Å². The minimum absolute atomic E-state index is 0.130. The van der Waals surface area contributed by atoms with Crippen LogP contribution in [0.1, 0.15) is 33.6 Å². The molecule has 0 heterocycles. The van der Waals surface area contributed by atoms with Crippen LogP contribution < -0.4 is 20.1 Å². The third kappa shape index (κ3) is 5.87. The summed E-state index contributed by atoms with van der Waals surface area (Å²) in [5, 5.41) is 7.28. The van der Waals surface area contributed by atoms with Crippen LogP contribution >= 0.6 is 0 Å². The summed E-state index contributed by atoms with van der Waals surface area (Å²) in [6.07, 6.45) is 2.49. The predicted octanol–water partition coefficient (Wildman–Crippen LogP) is 5.63. The molecule has 0 aliphatic carbocycles. The first-order chi connectivity index (χ1) is 12.5. The molecule has 2 aromatic carbocycles. The van der Waals surface area contributed by atoms with E-state index in [1.165, 1.54) is 6.42 Å². The Hall–Kier alpha value is -2.36. The summed E-state index contributed by atoms with van der Waals surface area (Å²) >= 11 is 0. The Kier molecular flexibility index (Phi) is 7.64. The van der Waals surface area contributed by atoms with Crippen molar-refractivity contribution in [2.75, 3.05) is 24.9 Å². The molecule has 0 fully saturated rings. The lowest BCUT2D eigenvalue weighted by molar-refractivity contribution is 0.381. The molecular formula is C22H32N2O2. The second-order valence-corrected chi connectivity index (χ2v) is 6.95. The molecule has 2 unspecified atom stereocenters.